The van der Waals surface area contributed by atoms with Crippen LogP contribution in [0.3, 0.4) is 0 Å². The fraction of sp³-hybridized carbons (Fsp3) is 0.519. The lowest BCUT2D eigenvalue weighted by Crippen LogP contribution is -2.49. The second-order valence-electron chi connectivity index (χ2n) is 9.46. The molecule has 204 valence electrons. The largest absolute Gasteiger partial charge is 0.450 e. The van der Waals surface area contributed by atoms with Crippen LogP contribution in [0.25, 0.3) is 11.7 Å². The zero-order valence-electron chi connectivity index (χ0n) is 22.2. The number of nitrogens with zero attached hydrogens (tertiary/aromatic N) is 5. The quantitative estimate of drug-likeness (QED) is 0.331. The van der Waals surface area contributed by atoms with Gasteiger partial charge < -0.3 is 14.5 Å². The highest BCUT2D eigenvalue weighted by atomic mass is 32.2. The highest BCUT2D eigenvalue weighted by molar-refractivity contribution is 8.26. The number of aromatic nitrogens is 2. The number of hydrogen-bond acceptors (Lipinski definition) is 8. The number of amides is 2. The normalized spacial score (nSPS) is 18.1. The van der Waals surface area contributed by atoms with Gasteiger partial charge in [0.25, 0.3) is 11.5 Å². The molecule has 2 aliphatic rings. The van der Waals surface area contributed by atoms with E-state index in [1.54, 1.807) is 41.1 Å². The average Bonchev–Trinajstić information content (AvgIpc) is 3.19. The van der Waals surface area contributed by atoms with Crippen molar-refractivity contribution in [2.24, 2.45) is 5.92 Å². The van der Waals surface area contributed by atoms with Gasteiger partial charge in [-0.15, -0.1) is 0 Å². The van der Waals surface area contributed by atoms with Crippen LogP contribution in [0.15, 0.2) is 34.1 Å². The van der Waals surface area contributed by atoms with Crippen molar-refractivity contribution in [3.8, 4) is 0 Å². The minimum Gasteiger partial charge on any atom is -0.450 e. The Kier molecular flexibility index (Phi) is 9.43. The summed E-state index contributed by atoms with van der Waals surface area (Å²) in [6.45, 7) is 8.89. The van der Waals surface area contributed by atoms with Gasteiger partial charge in [0.05, 0.1) is 17.1 Å². The summed E-state index contributed by atoms with van der Waals surface area (Å²) < 4.78 is 7.15. The van der Waals surface area contributed by atoms with Crippen LogP contribution in [0, 0.1) is 5.92 Å². The smallest absolute Gasteiger partial charge is 0.409 e. The molecule has 2 aromatic heterocycles. The number of anilines is 1. The summed E-state index contributed by atoms with van der Waals surface area (Å²) in [5, 5.41) is 0. The number of rotatable bonds is 9. The van der Waals surface area contributed by atoms with Crippen molar-refractivity contribution >= 4 is 57.8 Å². The van der Waals surface area contributed by atoms with E-state index in [-0.39, 0.29) is 17.6 Å². The topological polar surface area (TPSA) is 87.5 Å². The van der Waals surface area contributed by atoms with Crippen LogP contribution in [-0.2, 0) is 9.53 Å². The first kappa shape index (κ1) is 28.1. The molecule has 0 aliphatic carbocycles. The number of thiocarbonyl (C=S) groups is 1. The van der Waals surface area contributed by atoms with Gasteiger partial charge in [-0.05, 0) is 37.5 Å². The number of piperazine rings is 1. The van der Waals surface area contributed by atoms with Crippen molar-refractivity contribution < 1.29 is 14.3 Å². The van der Waals surface area contributed by atoms with E-state index in [1.807, 2.05) is 11.0 Å². The van der Waals surface area contributed by atoms with Crippen molar-refractivity contribution in [1.29, 1.82) is 0 Å². The maximum absolute atomic E-state index is 13.6. The molecule has 0 spiro atoms. The maximum atomic E-state index is 13.6. The van der Waals surface area contributed by atoms with Gasteiger partial charge in [0.2, 0.25) is 0 Å². The first-order chi connectivity index (χ1) is 18.4. The van der Waals surface area contributed by atoms with Crippen LogP contribution >= 0.6 is 24.0 Å². The van der Waals surface area contributed by atoms with E-state index in [1.165, 1.54) is 16.2 Å². The Bertz CT molecular complexity index is 1290. The number of hydrogen-bond donors (Lipinski definition) is 0. The van der Waals surface area contributed by atoms with Gasteiger partial charge in [-0.25, -0.2) is 9.78 Å². The minimum atomic E-state index is -0.341. The summed E-state index contributed by atoms with van der Waals surface area (Å²) in [6, 6.07) is 5.39. The van der Waals surface area contributed by atoms with Crippen molar-refractivity contribution in [3.05, 3.63) is 45.2 Å². The fourth-order valence-corrected chi connectivity index (χ4v) is 5.99. The Balaban J connectivity index is 1.65. The molecule has 2 aromatic rings. The lowest BCUT2D eigenvalue weighted by atomic mass is 9.99. The summed E-state index contributed by atoms with van der Waals surface area (Å²) >= 11 is 6.82. The minimum absolute atomic E-state index is 0.161. The van der Waals surface area contributed by atoms with Gasteiger partial charge >= 0.3 is 6.09 Å². The lowest BCUT2D eigenvalue weighted by molar-refractivity contribution is -0.122. The van der Waals surface area contributed by atoms with E-state index in [9.17, 15) is 14.4 Å². The molecule has 0 bridgehead atoms. The number of pyridine rings is 1. The molecule has 1 atom stereocenters. The lowest BCUT2D eigenvalue weighted by Gasteiger charge is -2.35. The summed E-state index contributed by atoms with van der Waals surface area (Å²) in [4.78, 5) is 49.8. The predicted molar refractivity (Wildman–Crippen MR) is 155 cm³/mol. The first-order valence-corrected chi connectivity index (χ1v) is 14.5. The van der Waals surface area contributed by atoms with Crippen LogP contribution in [0.4, 0.5) is 10.6 Å². The zero-order valence-corrected chi connectivity index (χ0v) is 23.9. The molecule has 0 aromatic carbocycles. The molecule has 0 radical (unpaired) electrons. The summed E-state index contributed by atoms with van der Waals surface area (Å²) in [7, 11) is 0. The Labute approximate surface area is 232 Å². The maximum Gasteiger partial charge on any atom is 0.409 e. The number of ether oxygens (including phenoxy) is 1. The Morgan fingerprint density at radius 1 is 1.18 bits per heavy atom. The van der Waals surface area contributed by atoms with Gasteiger partial charge in [-0.2, -0.15) is 0 Å². The molecule has 1 unspecified atom stereocenters. The van der Waals surface area contributed by atoms with Crippen LogP contribution < -0.4 is 10.5 Å². The molecule has 2 amide bonds. The first-order valence-electron chi connectivity index (χ1n) is 13.3. The van der Waals surface area contributed by atoms with Crippen LogP contribution in [-0.4, -0.2) is 74.8 Å². The van der Waals surface area contributed by atoms with Crippen molar-refractivity contribution in [2.75, 3.05) is 44.2 Å². The van der Waals surface area contributed by atoms with Crippen molar-refractivity contribution in [1.82, 2.24) is 19.2 Å². The standard InChI is InChI=1S/C27H35N5O4S2/c1-4-7-10-19(5-2)18-32-25(34)21(38-27(32)37)17-20-23(28-22-11-8-9-12-31(22)24(20)33)29-13-15-30(16-14-29)26(35)36-6-3/h8-9,11-12,17,19H,4-7,10,13-16,18H2,1-3H3/b21-17+. The molecule has 2 aliphatic heterocycles. The zero-order chi connectivity index (χ0) is 27.2. The molecular weight excluding hydrogens is 522 g/mol. The van der Waals surface area contributed by atoms with Gasteiger partial charge in [-0.3, -0.25) is 18.9 Å². The van der Waals surface area contributed by atoms with E-state index < -0.39 is 0 Å². The monoisotopic (exact) mass is 557 g/mol. The molecule has 2 saturated heterocycles. The second-order valence-corrected chi connectivity index (χ2v) is 11.1. The highest BCUT2D eigenvalue weighted by Crippen LogP contribution is 2.35. The van der Waals surface area contributed by atoms with E-state index in [2.05, 4.69) is 13.8 Å². The third-order valence-corrected chi connectivity index (χ3v) is 8.36. The van der Waals surface area contributed by atoms with Gasteiger partial charge in [0.1, 0.15) is 15.8 Å². The molecule has 2 fully saturated rings. The molecule has 0 saturated carbocycles. The number of carbonyl (C=O) groups is 2. The van der Waals surface area contributed by atoms with E-state index in [0.29, 0.717) is 71.5 Å². The molecular formula is C27H35N5O4S2. The van der Waals surface area contributed by atoms with E-state index in [0.717, 1.165) is 25.7 Å². The molecule has 4 heterocycles. The molecule has 11 heteroatoms. The summed E-state index contributed by atoms with van der Waals surface area (Å²) in [6.07, 6.45) is 7.25. The van der Waals surface area contributed by atoms with Gasteiger partial charge in [0.15, 0.2) is 0 Å². The second kappa shape index (κ2) is 12.8. The van der Waals surface area contributed by atoms with Gasteiger partial charge in [-0.1, -0.05) is 63.2 Å². The van der Waals surface area contributed by atoms with Crippen molar-refractivity contribution in [2.45, 2.75) is 46.5 Å². The molecule has 38 heavy (non-hydrogen) atoms. The Morgan fingerprint density at radius 2 is 1.95 bits per heavy atom. The van der Waals surface area contributed by atoms with E-state index in [4.69, 9.17) is 21.9 Å². The third-order valence-electron chi connectivity index (χ3n) is 6.99. The highest BCUT2D eigenvalue weighted by Gasteiger charge is 2.34. The SMILES string of the molecule is CCCCC(CC)CN1C(=O)/C(=C\c2c(N3CCN(C(=O)OCC)CC3)nc3ccccn3c2=O)SC1=S. The summed E-state index contributed by atoms with van der Waals surface area (Å²) in [5.41, 5.74) is 0.613. The summed E-state index contributed by atoms with van der Waals surface area (Å²) in [5.74, 6) is 0.728. The predicted octanol–water partition coefficient (Wildman–Crippen LogP) is 4.39. The third kappa shape index (κ3) is 6.04. The van der Waals surface area contributed by atoms with Crippen LogP contribution in [0.1, 0.15) is 52.0 Å². The van der Waals surface area contributed by atoms with Crippen LogP contribution in [0.5, 0.6) is 0 Å². The molecule has 4 rings (SSSR count). The Hall–Kier alpha value is -2.92. The molecule has 9 nitrogen and oxygen atoms in total. The number of carbonyl (C=O) groups excluding carboxylic acids is 2. The molecule has 0 N–H and O–H groups in total. The number of thioether (sulfide) groups is 1. The average molecular weight is 558 g/mol. The fourth-order valence-electron chi connectivity index (χ4n) is 4.74. The van der Waals surface area contributed by atoms with E-state index >= 15 is 0 Å². The Morgan fingerprint density at radius 3 is 2.63 bits per heavy atom. The number of unbranched alkanes of at least 4 members (excludes halogenated alkanes) is 1. The van der Waals surface area contributed by atoms with Crippen molar-refractivity contribution in [3.63, 3.8) is 0 Å². The van der Waals surface area contributed by atoms with Gasteiger partial charge in [0, 0.05) is 38.9 Å². The number of fused-ring (bicyclic) bond motifs is 1. The van der Waals surface area contributed by atoms with Crippen LogP contribution in [0.2, 0.25) is 0 Å².